The number of ether oxygens (including phenoxy) is 3. The van der Waals surface area contributed by atoms with Crippen LogP contribution in [0.2, 0.25) is 0 Å². The molecule has 15 heteroatoms. The molecule has 14 nitrogen and oxygen atoms in total. The molecule has 1 aromatic carbocycles. The van der Waals surface area contributed by atoms with E-state index in [2.05, 4.69) is 10.0 Å². The van der Waals surface area contributed by atoms with E-state index in [9.17, 15) is 27.6 Å². The summed E-state index contributed by atoms with van der Waals surface area (Å²) < 4.78 is 45.7. The first kappa shape index (κ1) is 39.0. The van der Waals surface area contributed by atoms with Gasteiger partial charge in [0, 0.05) is 30.2 Å². The van der Waals surface area contributed by atoms with Crippen molar-refractivity contribution < 1.29 is 41.8 Å². The Morgan fingerprint density at radius 2 is 1.76 bits per heavy atom. The van der Waals surface area contributed by atoms with Crippen molar-refractivity contribution in [1.29, 1.82) is 0 Å². The number of fused-ring (bicyclic) bond motifs is 3. The zero-order valence-corrected chi connectivity index (χ0v) is 32.8. The van der Waals surface area contributed by atoms with Crippen LogP contribution >= 0.6 is 0 Å². The van der Waals surface area contributed by atoms with Crippen molar-refractivity contribution in [2.75, 3.05) is 13.7 Å². The molecule has 4 fully saturated rings. The van der Waals surface area contributed by atoms with Crippen LogP contribution in [0.5, 0.6) is 11.6 Å². The topological polar surface area (TPSA) is 183 Å². The largest absolute Gasteiger partial charge is 0.497 e. The second-order valence-electron chi connectivity index (χ2n) is 16.2. The summed E-state index contributed by atoms with van der Waals surface area (Å²) in [6.45, 7) is 3.98. The predicted octanol–water partition coefficient (Wildman–Crippen LogP) is 4.61. The highest BCUT2D eigenvalue weighted by Crippen LogP contribution is 2.46. The van der Waals surface area contributed by atoms with Gasteiger partial charge in [-0.2, -0.15) is 0 Å². The maximum atomic E-state index is 14.6. The number of hydrogen-bond acceptors (Lipinski definition) is 11. The SMILES string of the molecule is COc1ccc2nc(C(C)C)c(O[C@@H]3C[C@H]4C(=O)N[C@]5(C(=O)NS(=O)(=O)C6CC6)C[C@H]5/C=C\CCCCC[C@H](CC(=O)OC5CCCC5)C(=O)N4C3)nc2c1. The molecule has 3 amide bonds. The molecule has 5 aliphatic rings. The van der Waals surface area contributed by atoms with Crippen molar-refractivity contribution in [2.24, 2.45) is 11.8 Å². The minimum Gasteiger partial charge on any atom is -0.497 e. The molecule has 0 bridgehead atoms. The normalized spacial score (nSPS) is 28.4. The third kappa shape index (κ3) is 8.76. The van der Waals surface area contributed by atoms with Crippen LogP contribution in [-0.2, 0) is 33.9 Å². The Balaban J connectivity index is 1.19. The molecular formula is C40H53N5O9S. The van der Waals surface area contributed by atoms with E-state index < -0.39 is 62.6 Å². The van der Waals surface area contributed by atoms with Crippen molar-refractivity contribution in [2.45, 2.75) is 139 Å². The summed E-state index contributed by atoms with van der Waals surface area (Å²) in [4.78, 5) is 67.2. The maximum absolute atomic E-state index is 14.6. The van der Waals surface area contributed by atoms with E-state index in [0.717, 1.165) is 44.9 Å². The number of benzene rings is 1. The Bertz CT molecular complexity index is 1940. The maximum Gasteiger partial charge on any atom is 0.306 e. The number of carbonyl (C=O) groups is 4. The van der Waals surface area contributed by atoms with Gasteiger partial charge in [-0.15, -0.1) is 0 Å². The van der Waals surface area contributed by atoms with Gasteiger partial charge in [0.2, 0.25) is 27.7 Å². The molecule has 3 heterocycles. The van der Waals surface area contributed by atoms with Crippen LogP contribution in [0, 0.1) is 11.8 Å². The molecule has 3 aliphatic carbocycles. The number of aromatic nitrogens is 2. The standard InChI is InChI=1S/C40H53N5O9S/c1-24(2)35-37(42-32-20-28(52-3)15-18-31(32)41-35)54-29-21-33-36(47)43-40(39(49)44-55(50,51)30-16-17-30)22-26(40)12-8-6-4-5-7-11-25(38(48)45(33)23-29)19-34(46)53-27-13-9-10-14-27/h8,12,15,18,20,24-27,29-30,33H,4-7,9-11,13-14,16-17,19,21-23H2,1-3H3,(H,43,47)(H,44,49)/b12-8-/t25-,26-,29-,33+,40-/m1/s1. The Kier molecular flexibility index (Phi) is 11.4. The second-order valence-corrected chi connectivity index (χ2v) is 18.2. The zero-order valence-electron chi connectivity index (χ0n) is 32.0. The van der Waals surface area contributed by atoms with Crippen molar-refractivity contribution in [1.82, 2.24) is 24.9 Å². The van der Waals surface area contributed by atoms with Gasteiger partial charge < -0.3 is 24.4 Å². The summed E-state index contributed by atoms with van der Waals surface area (Å²) in [5, 5.41) is 2.30. The number of carbonyl (C=O) groups excluding carboxylic acids is 4. The summed E-state index contributed by atoms with van der Waals surface area (Å²) >= 11 is 0. The van der Waals surface area contributed by atoms with Crippen LogP contribution in [0.15, 0.2) is 30.4 Å². The fourth-order valence-corrected chi connectivity index (χ4v) is 9.56. The summed E-state index contributed by atoms with van der Waals surface area (Å²) in [5.74, 6) is -2.46. The molecule has 0 spiro atoms. The van der Waals surface area contributed by atoms with Crippen LogP contribution in [0.1, 0.15) is 115 Å². The third-order valence-electron chi connectivity index (χ3n) is 11.7. The predicted molar refractivity (Wildman–Crippen MR) is 202 cm³/mol. The number of methoxy groups -OCH3 is 1. The number of nitrogens with zero attached hydrogens (tertiary/aromatic N) is 3. The van der Waals surface area contributed by atoms with Gasteiger partial charge in [0.1, 0.15) is 35.2 Å². The Labute approximate surface area is 322 Å². The first-order valence-electron chi connectivity index (χ1n) is 19.9. The van der Waals surface area contributed by atoms with Crippen molar-refractivity contribution in [3.8, 4) is 11.6 Å². The van der Waals surface area contributed by atoms with Crippen LogP contribution < -0.4 is 19.5 Å². The minimum absolute atomic E-state index is 0.0268. The highest BCUT2D eigenvalue weighted by atomic mass is 32.2. The van der Waals surface area contributed by atoms with Crippen LogP contribution in [0.4, 0.5) is 0 Å². The lowest BCUT2D eigenvalue weighted by molar-refractivity contribution is -0.154. The quantitative estimate of drug-likeness (QED) is 0.254. The van der Waals surface area contributed by atoms with Crippen LogP contribution in [0.3, 0.4) is 0 Å². The molecule has 2 N–H and O–H groups in total. The van der Waals surface area contributed by atoms with Gasteiger partial charge in [-0.3, -0.25) is 23.9 Å². The van der Waals surface area contributed by atoms with E-state index >= 15 is 0 Å². The van der Waals surface area contributed by atoms with E-state index in [1.807, 2.05) is 38.1 Å². The molecule has 55 heavy (non-hydrogen) atoms. The van der Waals surface area contributed by atoms with Gasteiger partial charge in [-0.25, -0.2) is 18.4 Å². The second kappa shape index (κ2) is 16.1. The third-order valence-corrected chi connectivity index (χ3v) is 13.5. The Morgan fingerprint density at radius 1 is 1.00 bits per heavy atom. The van der Waals surface area contributed by atoms with Crippen LogP contribution in [0.25, 0.3) is 11.0 Å². The first-order valence-corrected chi connectivity index (χ1v) is 21.5. The van der Waals surface area contributed by atoms with Crippen LogP contribution in [-0.4, -0.2) is 89.7 Å². The number of esters is 1. The highest BCUT2D eigenvalue weighted by Gasteiger charge is 2.62. The summed E-state index contributed by atoms with van der Waals surface area (Å²) in [5.41, 5.74) is 0.355. The van der Waals surface area contributed by atoms with E-state index in [1.54, 1.807) is 13.2 Å². The molecule has 1 aromatic heterocycles. The molecule has 3 saturated carbocycles. The summed E-state index contributed by atoms with van der Waals surface area (Å²) in [7, 11) is -2.32. The lowest BCUT2D eigenvalue weighted by Gasteiger charge is -2.29. The number of nitrogens with one attached hydrogen (secondary N) is 2. The van der Waals surface area contributed by atoms with E-state index in [1.165, 1.54) is 4.90 Å². The molecule has 5 atom stereocenters. The summed E-state index contributed by atoms with van der Waals surface area (Å²) in [6.07, 6.45) is 11.3. The van der Waals surface area contributed by atoms with Gasteiger partial charge in [0.15, 0.2) is 0 Å². The lowest BCUT2D eigenvalue weighted by atomic mass is 9.95. The first-order chi connectivity index (χ1) is 26.4. The lowest BCUT2D eigenvalue weighted by Crippen LogP contribution is -2.57. The van der Waals surface area contributed by atoms with E-state index in [-0.39, 0.29) is 49.6 Å². The molecule has 7 rings (SSSR count). The van der Waals surface area contributed by atoms with Crippen molar-refractivity contribution in [3.05, 3.63) is 36.0 Å². The molecule has 1 saturated heterocycles. The number of amides is 3. The smallest absolute Gasteiger partial charge is 0.306 e. The van der Waals surface area contributed by atoms with E-state index in [4.69, 9.17) is 24.2 Å². The molecule has 2 aromatic rings. The Morgan fingerprint density at radius 3 is 2.49 bits per heavy atom. The number of hydrogen-bond donors (Lipinski definition) is 2. The average Bonchev–Trinajstić information content (AvgIpc) is 4.03. The van der Waals surface area contributed by atoms with Crippen molar-refractivity contribution >= 4 is 44.7 Å². The van der Waals surface area contributed by atoms with Gasteiger partial charge in [0.25, 0.3) is 5.91 Å². The number of rotatable bonds is 10. The minimum atomic E-state index is -3.88. The molecule has 298 valence electrons. The highest BCUT2D eigenvalue weighted by molar-refractivity contribution is 7.91. The van der Waals surface area contributed by atoms with Gasteiger partial charge in [0.05, 0.1) is 36.4 Å². The monoisotopic (exact) mass is 779 g/mol. The molecule has 0 radical (unpaired) electrons. The molecular weight excluding hydrogens is 727 g/mol. The number of sulfonamides is 1. The van der Waals surface area contributed by atoms with Gasteiger partial charge in [-0.05, 0) is 76.3 Å². The fraction of sp³-hybridized carbons (Fsp3) is 0.650. The van der Waals surface area contributed by atoms with Gasteiger partial charge >= 0.3 is 5.97 Å². The number of allylic oxidation sites excluding steroid dienone is 1. The fourth-order valence-electron chi connectivity index (χ4n) is 8.20. The van der Waals surface area contributed by atoms with Gasteiger partial charge in [-0.1, -0.05) is 38.8 Å². The zero-order chi connectivity index (χ0) is 38.9. The van der Waals surface area contributed by atoms with Crippen molar-refractivity contribution in [3.63, 3.8) is 0 Å². The average molecular weight is 780 g/mol. The van der Waals surface area contributed by atoms with E-state index in [0.29, 0.717) is 48.2 Å². The Hall–Kier alpha value is -4.27. The summed E-state index contributed by atoms with van der Waals surface area (Å²) in [6, 6.07) is 4.33. The molecule has 0 unspecified atom stereocenters. The molecule has 2 aliphatic heterocycles.